The van der Waals surface area contributed by atoms with Crippen LogP contribution in [0.25, 0.3) is 0 Å². The maximum Gasteiger partial charge on any atom is 0.401 e. The molecule has 0 fully saturated rings. The lowest BCUT2D eigenvalue weighted by Crippen LogP contribution is -2.39. The fourth-order valence-corrected chi connectivity index (χ4v) is 1.74. The second-order valence-electron chi connectivity index (χ2n) is 4.41. The molecule has 0 saturated heterocycles. The van der Waals surface area contributed by atoms with E-state index in [9.17, 15) is 26.7 Å². The molecule has 0 saturated carbocycles. The zero-order chi connectivity index (χ0) is 16.0. The Morgan fingerprint density at radius 3 is 2.52 bits per heavy atom. The van der Waals surface area contributed by atoms with E-state index in [0.717, 1.165) is 18.2 Å². The van der Waals surface area contributed by atoms with Gasteiger partial charge in [0.2, 0.25) is 5.91 Å². The van der Waals surface area contributed by atoms with E-state index in [1.165, 1.54) is 0 Å². The largest absolute Gasteiger partial charge is 0.401 e. The SMILES string of the molecule is CC[C@@H](NC(=O)CNCC(F)(F)F)c1cc(F)ccc1F. The van der Waals surface area contributed by atoms with Crippen molar-refractivity contribution in [2.45, 2.75) is 25.6 Å². The van der Waals surface area contributed by atoms with Gasteiger partial charge in [0.25, 0.3) is 0 Å². The molecule has 0 heterocycles. The Balaban J connectivity index is 2.61. The molecule has 0 aromatic heterocycles. The summed E-state index contributed by atoms with van der Waals surface area (Å²) in [7, 11) is 0. The summed E-state index contributed by atoms with van der Waals surface area (Å²) >= 11 is 0. The molecule has 0 aliphatic rings. The van der Waals surface area contributed by atoms with Gasteiger partial charge in [-0.1, -0.05) is 6.92 Å². The third kappa shape index (κ3) is 6.07. The highest BCUT2D eigenvalue weighted by molar-refractivity contribution is 5.78. The van der Waals surface area contributed by atoms with E-state index in [1.54, 1.807) is 6.92 Å². The zero-order valence-electron chi connectivity index (χ0n) is 11.2. The van der Waals surface area contributed by atoms with Crippen LogP contribution in [0.1, 0.15) is 24.9 Å². The van der Waals surface area contributed by atoms with Crippen molar-refractivity contribution in [1.29, 1.82) is 0 Å². The summed E-state index contributed by atoms with van der Waals surface area (Å²) in [5.74, 6) is -2.07. The van der Waals surface area contributed by atoms with Crippen LogP contribution >= 0.6 is 0 Å². The molecule has 3 nitrogen and oxygen atoms in total. The first-order chi connectivity index (χ1) is 9.73. The van der Waals surface area contributed by atoms with Crippen molar-refractivity contribution in [2.24, 2.45) is 0 Å². The van der Waals surface area contributed by atoms with Crippen LogP contribution < -0.4 is 10.6 Å². The molecular weight excluding hydrogens is 295 g/mol. The maximum absolute atomic E-state index is 13.6. The Labute approximate surface area is 118 Å². The summed E-state index contributed by atoms with van der Waals surface area (Å²) in [4.78, 5) is 11.5. The third-order valence-electron chi connectivity index (χ3n) is 2.69. The second-order valence-corrected chi connectivity index (χ2v) is 4.41. The standard InChI is InChI=1S/C13H15F5N2O/c1-2-11(9-5-8(14)3-4-10(9)15)20-12(21)6-19-7-13(16,17)18/h3-5,11,19H,2,6-7H2,1H3,(H,20,21)/t11-/m1/s1. The fraction of sp³-hybridized carbons (Fsp3) is 0.462. The van der Waals surface area contributed by atoms with Gasteiger partial charge in [0.05, 0.1) is 19.1 Å². The lowest BCUT2D eigenvalue weighted by Gasteiger charge is -2.18. The smallest absolute Gasteiger partial charge is 0.348 e. The number of carbonyl (C=O) groups is 1. The minimum absolute atomic E-state index is 0.0401. The van der Waals surface area contributed by atoms with E-state index < -0.39 is 42.8 Å². The van der Waals surface area contributed by atoms with Crippen molar-refractivity contribution in [1.82, 2.24) is 10.6 Å². The van der Waals surface area contributed by atoms with E-state index >= 15 is 0 Å². The van der Waals surface area contributed by atoms with Crippen LogP contribution in [0.15, 0.2) is 18.2 Å². The van der Waals surface area contributed by atoms with Gasteiger partial charge in [-0.15, -0.1) is 0 Å². The van der Waals surface area contributed by atoms with Crippen LogP contribution in [-0.4, -0.2) is 25.2 Å². The van der Waals surface area contributed by atoms with E-state index in [0.29, 0.717) is 0 Å². The van der Waals surface area contributed by atoms with Gasteiger partial charge in [-0.2, -0.15) is 13.2 Å². The van der Waals surface area contributed by atoms with Gasteiger partial charge >= 0.3 is 6.18 Å². The number of hydrogen-bond acceptors (Lipinski definition) is 2. The highest BCUT2D eigenvalue weighted by atomic mass is 19.4. The lowest BCUT2D eigenvalue weighted by atomic mass is 10.0. The number of benzene rings is 1. The average Bonchev–Trinajstić information content (AvgIpc) is 2.37. The molecule has 0 bridgehead atoms. The van der Waals surface area contributed by atoms with E-state index in [4.69, 9.17) is 0 Å². The Morgan fingerprint density at radius 2 is 1.95 bits per heavy atom. The number of hydrogen-bond donors (Lipinski definition) is 2. The summed E-state index contributed by atoms with van der Waals surface area (Å²) in [5, 5.41) is 4.29. The minimum Gasteiger partial charge on any atom is -0.348 e. The lowest BCUT2D eigenvalue weighted by molar-refractivity contribution is -0.128. The Morgan fingerprint density at radius 1 is 1.29 bits per heavy atom. The molecule has 0 spiro atoms. The summed E-state index contributed by atoms with van der Waals surface area (Å²) in [6.07, 6.45) is -4.15. The number of halogens is 5. The van der Waals surface area contributed by atoms with Crippen molar-refractivity contribution >= 4 is 5.91 Å². The molecule has 1 amide bonds. The van der Waals surface area contributed by atoms with Gasteiger partial charge in [0.1, 0.15) is 11.6 Å². The molecule has 1 atom stereocenters. The molecule has 2 N–H and O–H groups in total. The van der Waals surface area contributed by atoms with Crippen LogP contribution in [0.5, 0.6) is 0 Å². The van der Waals surface area contributed by atoms with Crippen molar-refractivity contribution in [3.63, 3.8) is 0 Å². The van der Waals surface area contributed by atoms with Gasteiger partial charge in [0, 0.05) is 5.56 Å². The van der Waals surface area contributed by atoms with Gasteiger partial charge in [-0.05, 0) is 24.6 Å². The maximum atomic E-state index is 13.6. The van der Waals surface area contributed by atoms with Crippen LogP contribution in [0.4, 0.5) is 22.0 Å². The Kier molecular flexibility index (Phi) is 6.07. The monoisotopic (exact) mass is 310 g/mol. The van der Waals surface area contributed by atoms with Crippen LogP contribution in [0, 0.1) is 11.6 Å². The summed E-state index contributed by atoms with van der Waals surface area (Å²) < 4.78 is 62.4. The number of nitrogens with one attached hydrogen (secondary N) is 2. The molecule has 0 radical (unpaired) electrons. The molecule has 0 aliphatic carbocycles. The summed E-state index contributed by atoms with van der Waals surface area (Å²) in [5.41, 5.74) is -0.0401. The van der Waals surface area contributed by atoms with Crippen LogP contribution in [0.2, 0.25) is 0 Å². The van der Waals surface area contributed by atoms with Gasteiger partial charge in [0.15, 0.2) is 0 Å². The number of amides is 1. The Bertz CT molecular complexity index is 490. The average molecular weight is 310 g/mol. The summed E-state index contributed by atoms with van der Waals surface area (Å²) in [6, 6.07) is 2.02. The predicted octanol–water partition coefficient (Wildman–Crippen LogP) is 2.68. The van der Waals surface area contributed by atoms with Crippen molar-refractivity contribution in [3.8, 4) is 0 Å². The minimum atomic E-state index is -4.42. The number of carbonyl (C=O) groups excluding carboxylic acids is 1. The first kappa shape index (κ1) is 17.4. The number of alkyl halides is 3. The second kappa shape index (κ2) is 7.35. The van der Waals surface area contributed by atoms with Crippen LogP contribution in [-0.2, 0) is 4.79 Å². The third-order valence-corrected chi connectivity index (χ3v) is 2.69. The Hall–Kier alpha value is -1.70. The van der Waals surface area contributed by atoms with Gasteiger partial charge < -0.3 is 10.6 Å². The first-order valence-corrected chi connectivity index (χ1v) is 6.24. The number of rotatable bonds is 6. The molecule has 0 aliphatic heterocycles. The molecule has 1 aromatic carbocycles. The molecule has 1 rings (SSSR count). The van der Waals surface area contributed by atoms with E-state index in [-0.39, 0.29) is 12.0 Å². The molecule has 1 aromatic rings. The predicted molar refractivity (Wildman–Crippen MR) is 66.5 cm³/mol. The quantitative estimate of drug-likeness (QED) is 0.793. The first-order valence-electron chi connectivity index (χ1n) is 6.24. The molecular formula is C13H15F5N2O. The topological polar surface area (TPSA) is 41.1 Å². The normalized spacial score (nSPS) is 13.0. The molecule has 118 valence electrons. The molecule has 0 unspecified atom stereocenters. The van der Waals surface area contributed by atoms with Gasteiger partial charge in [-0.3, -0.25) is 4.79 Å². The highest BCUT2D eigenvalue weighted by Crippen LogP contribution is 2.21. The van der Waals surface area contributed by atoms with Crippen molar-refractivity contribution in [3.05, 3.63) is 35.4 Å². The van der Waals surface area contributed by atoms with E-state index in [2.05, 4.69) is 5.32 Å². The highest BCUT2D eigenvalue weighted by Gasteiger charge is 2.26. The van der Waals surface area contributed by atoms with Crippen molar-refractivity contribution < 1.29 is 26.7 Å². The molecule has 21 heavy (non-hydrogen) atoms. The van der Waals surface area contributed by atoms with Gasteiger partial charge in [-0.25, -0.2) is 8.78 Å². The van der Waals surface area contributed by atoms with E-state index in [1.807, 2.05) is 5.32 Å². The summed E-state index contributed by atoms with van der Waals surface area (Å²) in [6.45, 7) is -0.225. The zero-order valence-corrected chi connectivity index (χ0v) is 11.2. The fourth-order valence-electron chi connectivity index (χ4n) is 1.74. The molecule has 8 heteroatoms. The van der Waals surface area contributed by atoms with Crippen LogP contribution in [0.3, 0.4) is 0 Å². The van der Waals surface area contributed by atoms with Crippen molar-refractivity contribution in [2.75, 3.05) is 13.1 Å².